The van der Waals surface area contributed by atoms with Crippen molar-refractivity contribution in [3.63, 3.8) is 0 Å². The molecule has 1 aliphatic rings. The Kier molecular flexibility index (Phi) is 10.9. The molecule has 25 heavy (non-hydrogen) atoms. The van der Waals surface area contributed by atoms with Gasteiger partial charge in [-0.1, -0.05) is 26.0 Å². The molecule has 0 aliphatic carbocycles. The number of carbonyl (C=O) groups excluding carboxylic acids is 1. The van der Waals surface area contributed by atoms with Gasteiger partial charge < -0.3 is 29.9 Å². The van der Waals surface area contributed by atoms with E-state index in [1.165, 1.54) is 6.92 Å². The Hall–Kier alpha value is -0.990. The van der Waals surface area contributed by atoms with Crippen LogP contribution in [-0.2, 0) is 14.3 Å². The molecule has 7 heteroatoms. The summed E-state index contributed by atoms with van der Waals surface area (Å²) in [6, 6.07) is 0. The molecule has 0 saturated carbocycles. The highest BCUT2D eigenvalue weighted by Gasteiger charge is 2.30. The molecule has 0 saturated heterocycles. The summed E-state index contributed by atoms with van der Waals surface area (Å²) >= 11 is 0. The summed E-state index contributed by atoms with van der Waals surface area (Å²) < 4.78 is 11.2. The highest BCUT2D eigenvalue weighted by atomic mass is 16.5. The first-order chi connectivity index (χ1) is 11.9. The van der Waals surface area contributed by atoms with Crippen LogP contribution in [-0.4, -0.2) is 85.3 Å². The smallest absolute Gasteiger partial charge is 0.219 e. The quantitative estimate of drug-likeness (QED) is 0.621. The number of aliphatic hydroxyl groups excluding tert-OH is 2. The Bertz CT molecular complexity index is 403. The number of hydrogen-bond donors (Lipinski definition) is 3. The Labute approximate surface area is 151 Å². The van der Waals surface area contributed by atoms with E-state index in [1.807, 2.05) is 12.2 Å². The van der Waals surface area contributed by atoms with Gasteiger partial charge in [-0.15, -0.1) is 0 Å². The van der Waals surface area contributed by atoms with Crippen molar-refractivity contribution in [2.24, 2.45) is 5.92 Å². The molecule has 0 spiro atoms. The molecule has 0 fully saturated rings. The maximum atomic E-state index is 11.9. The molecule has 0 aromatic carbocycles. The van der Waals surface area contributed by atoms with Gasteiger partial charge in [0.2, 0.25) is 5.91 Å². The minimum Gasteiger partial charge on any atom is -0.388 e. The van der Waals surface area contributed by atoms with Crippen LogP contribution in [0.3, 0.4) is 0 Å². The third kappa shape index (κ3) is 9.32. The highest BCUT2D eigenvalue weighted by Crippen LogP contribution is 2.11. The van der Waals surface area contributed by atoms with Crippen LogP contribution in [0.2, 0.25) is 0 Å². The molecule has 3 atom stereocenters. The molecule has 3 N–H and O–H groups in total. The molecular formula is C18H34N2O5. The summed E-state index contributed by atoms with van der Waals surface area (Å²) in [7, 11) is 0. The van der Waals surface area contributed by atoms with Crippen molar-refractivity contribution in [3.8, 4) is 0 Å². The number of hydrogen-bond acceptors (Lipinski definition) is 6. The van der Waals surface area contributed by atoms with Crippen LogP contribution in [0.4, 0.5) is 0 Å². The number of ether oxygens (including phenoxy) is 2. The average Bonchev–Trinajstić information content (AvgIpc) is 2.55. The van der Waals surface area contributed by atoms with Gasteiger partial charge in [-0.3, -0.25) is 4.79 Å². The van der Waals surface area contributed by atoms with E-state index in [2.05, 4.69) is 19.2 Å². The lowest BCUT2D eigenvalue weighted by Gasteiger charge is -2.32. The molecule has 0 bridgehead atoms. The van der Waals surface area contributed by atoms with Gasteiger partial charge in [0.25, 0.3) is 0 Å². The third-order valence-electron chi connectivity index (χ3n) is 4.14. The molecule has 7 nitrogen and oxygen atoms in total. The Morgan fingerprint density at radius 1 is 1.40 bits per heavy atom. The van der Waals surface area contributed by atoms with Crippen LogP contribution in [0.15, 0.2) is 12.2 Å². The fourth-order valence-electron chi connectivity index (χ4n) is 2.46. The second kappa shape index (κ2) is 12.4. The number of nitrogens with one attached hydrogen (secondary N) is 1. The van der Waals surface area contributed by atoms with Crippen molar-refractivity contribution in [2.75, 3.05) is 46.0 Å². The van der Waals surface area contributed by atoms with Gasteiger partial charge in [-0.25, -0.2) is 0 Å². The van der Waals surface area contributed by atoms with Gasteiger partial charge in [0, 0.05) is 39.7 Å². The van der Waals surface area contributed by atoms with Crippen molar-refractivity contribution in [3.05, 3.63) is 12.2 Å². The molecule has 1 amide bonds. The standard InChI is InChI=1S/C18H34N2O5/c1-14(2)6-11-25-17-12-20(15(3)21)9-8-19-7-4-5-10-24-13-16(22)18(17)23/h4-5,14,16-19,22-23H,6-13H2,1-3H3/b5-4+/t16-,17-,18-/m1/s1. The van der Waals surface area contributed by atoms with Crippen LogP contribution in [0.25, 0.3) is 0 Å². The molecule has 0 aromatic rings. The van der Waals surface area contributed by atoms with Gasteiger partial charge in [0.05, 0.1) is 13.2 Å². The fourth-order valence-corrected chi connectivity index (χ4v) is 2.46. The minimum absolute atomic E-state index is 0.0169. The van der Waals surface area contributed by atoms with Gasteiger partial charge >= 0.3 is 0 Å². The van der Waals surface area contributed by atoms with Crippen molar-refractivity contribution in [1.82, 2.24) is 10.2 Å². The summed E-state index contributed by atoms with van der Waals surface area (Å²) in [6.45, 7) is 8.65. The van der Waals surface area contributed by atoms with Gasteiger partial charge in [0.1, 0.15) is 18.3 Å². The molecule has 1 aliphatic heterocycles. The molecule has 0 aromatic heterocycles. The first-order valence-corrected chi connectivity index (χ1v) is 9.08. The summed E-state index contributed by atoms with van der Waals surface area (Å²) in [5.74, 6) is 0.392. The van der Waals surface area contributed by atoms with Crippen molar-refractivity contribution < 1.29 is 24.5 Å². The van der Waals surface area contributed by atoms with Crippen LogP contribution < -0.4 is 5.32 Å². The van der Waals surface area contributed by atoms with Crippen LogP contribution >= 0.6 is 0 Å². The number of amides is 1. The van der Waals surface area contributed by atoms with E-state index in [4.69, 9.17) is 9.47 Å². The summed E-state index contributed by atoms with van der Waals surface area (Å²) in [5.41, 5.74) is 0. The lowest BCUT2D eigenvalue weighted by atomic mass is 10.1. The lowest BCUT2D eigenvalue weighted by molar-refractivity contribution is -0.139. The van der Waals surface area contributed by atoms with Crippen molar-refractivity contribution in [2.45, 2.75) is 45.5 Å². The van der Waals surface area contributed by atoms with Crippen LogP contribution in [0.1, 0.15) is 27.2 Å². The van der Waals surface area contributed by atoms with Gasteiger partial charge in [-0.05, 0) is 12.3 Å². The van der Waals surface area contributed by atoms with E-state index >= 15 is 0 Å². The first-order valence-electron chi connectivity index (χ1n) is 9.08. The molecular weight excluding hydrogens is 324 g/mol. The topological polar surface area (TPSA) is 91.3 Å². The second-order valence-electron chi connectivity index (χ2n) is 6.83. The summed E-state index contributed by atoms with van der Waals surface area (Å²) in [5, 5.41) is 23.9. The molecule has 146 valence electrons. The van der Waals surface area contributed by atoms with Gasteiger partial charge in [0.15, 0.2) is 0 Å². The maximum absolute atomic E-state index is 11.9. The van der Waals surface area contributed by atoms with Crippen molar-refractivity contribution >= 4 is 5.91 Å². The lowest BCUT2D eigenvalue weighted by Crippen LogP contribution is -2.50. The highest BCUT2D eigenvalue weighted by molar-refractivity contribution is 5.73. The SMILES string of the molecule is CC(=O)N1CCNC/C=C/COC[C@@H](O)[C@@H](O)[C@H](OCCC(C)C)C1. The zero-order chi connectivity index (χ0) is 18.7. The fraction of sp³-hybridized carbons (Fsp3) is 0.833. The predicted molar refractivity (Wildman–Crippen MR) is 96.3 cm³/mol. The maximum Gasteiger partial charge on any atom is 0.219 e. The second-order valence-corrected chi connectivity index (χ2v) is 6.83. The first kappa shape index (κ1) is 22.1. The Morgan fingerprint density at radius 2 is 2.16 bits per heavy atom. The van der Waals surface area contributed by atoms with E-state index in [1.54, 1.807) is 4.90 Å². The number of rotatable bonds is 4. The van der Waals surface area contributed by atoms with E-state index in [0.29, 0.717) is 38.8 Å². The summed E-state index contributed by atoms with van der Waals surface area (Å²) in [6.07, 6.45) is 1.81. The molecule has 1 heterocycles. The van der Waals surface area contributed by atoms with Crippen LogP contribution in [0.5, 0.6) is 0 Å². The minimum atomic E-state index is -1.12. The van der Waals surface area contributed by atoms with Crippen LogP contribution in [0, 0.1) is 5.92 Å². The molecule has 0 unspecified atom stereocenters. The zero-order valence-corrected chi connectivity index (χ0v) is 15.7. The van der Waals surface area contributed by atoms with E-state index < -0.39 is 18.3 Å². The third-order valence-corrected chi connectivity index (χ3v) is 4.14. The number of nitrogens with zero attached hydrogens (tertiary/aromatic N) is 1. The number of aliphatic hydroxyl groups is 2. The monoisotopic (exact) mass is 358 g/mol. The zero-order valence-electron chi connectivity index (χ0n) is 15.7. The normalized spacial score (nSPS) is 28.6. The Morgan fingerprint density at radius 3 is 2.84 bits per heavy atom. The predicted octanol–water partition coefficient (Wildman–Crippen LogP) is 0.164. The largest absolute Gasteiger partial charge is 0.388 e. The average molecular weight is 358 g/mol. The molecule has 0 radical (unpaired) electrons. The van der Waals surface area contributed by atoms with Gasteiger partial charge in [-0.2, -0.15) is 0 Å². The van der Waals surface area contributed by atoms with E-state index in [0.717, 1.165) is 6.42 Å². The van der Waals surface area contributed by atoms with E-state index in [9.17, 15) is 15.0 Å². The number of carbonyl (C=O) groups is 1. The summed E-state index contributed by atoms with van der Waals surface area (Å²) in [4.78, 5) is 13.6. The van der Waals surface area contributed by atoms with E-state index in [-0.39, 0.29) is 19.1 Å². The van der Waals surface area contributed by atoms with Crippen molar-refractivity contribution in [1.29, 1.82) is 0 Å². The molecule has 1 rings (SSSR count). The Balaban J connectivity index is 2.79.